The first-order valence-electron chi connectivity index (χ1n) is 11.1. The van der Waals surface area contributed by atoms with Gasteiger partial charge >= 0.3 is 59.1 Å². The van der Waals surface area contributed by atoms with Gasteiger partial charge in [-0.05, 0) is 24.1 Å². The summed E-state index contributed by atoms with van der Waals surface area (Å²) >= 11 is 0. The molecular weight excluding hydrogens is 558 g/mol. The van der Waals surface area contributed by atoms with Crippen molar-refractivity contribution in [3.63, 3.8) is 0 Å². The molecule has 15 heteroatoms. The molecule has 188 valence electrons. The summed E-state index contributed by atoms with van der Waals surface area (Å²) in [6, 6.07) is 12.5. The van der Waals surface area contributed by atoms with E-state index in [9.17, 15) is 18.9 Å². The average molecular weight is 596 g/mol. The van der Waals surface area contributed by atoms with Crippen molar-refractivity contribution >= 4 is 42.3 Å². The molecule has 0 amide bonds. The minimum absolute atomic E-state index is 0. The van der Waals surface area contributed by atoms with E-state index in [4.69, 9.17) is 14.5 Å². The van der Waals surface area contributed by atoms with Crippen molar-refractivity contribution in [1.82, 2.24) is 4.90 Å². The molecule has 0 saturated carbocycles. The van der Waals surface area contributed by atoms with Crippen LogP contribution in [-0.2, 0) is 15.6 Å². The van der Waals surface area contributed by atoms with Crippen LogP contribution in [0.4, 0.5) is 0 Å². The third kappa shape index (κ3) is 21.4. The second kappa shape index (κ2) is 19.1. The van der Waals surface area contributed by atoms with Crippen LogP contribution in [0.1, 0.15) is 18.4 Å². The van der Waals surface area contributed by atoms with Crippen LogP contribution in [0, 0.1) is 0 Å². The Morgan fingerprint density at radius 2 is 1.54 bits per heavy atom. The Hall–Kier alpha value is 1.93. The van der Waals surface area contributed by atoms with Crippen molar-refractivity contribution in [2.45, 2.75) is 63.1 Å². The van der Waals surface area contributed by atoms with Gasteiger partial charge < -0.3 is 33.4 Å². The van der Waals surface area contributed by atoms with Gasteiger partial charge in [-0.2, -0.15) is 0 Å². The quantitative estimate of drug-likeness (QED) is 0.141. The topological polar surface area (TPSA) is 133 Å². The average Bonchev–Trinajstić information content (AvgIpc) is 2.67. The van der Waals surface area contributed by atoms with Crippen LogP contribution in [0.2, 0.25) is 43.8 Å². The van der Waals surface area contributed by atoms with Crippen molar-refractivity contribution in [3.05, 3.63) is 29.8 Å². The van der Waals surface area contributed by atoms with Gasteiger partial charge in [-0.1, -0.05) is 68.8 Å². The van der Waals surface area contributed by atoms with E-state index >= 15 is 0 Å². The van der Waals surface area contributed by atoms with E-state index in [0.29, 0.717) is 6.42 Å². The smallest absolute Gasteiger partial charge is 0.778 e. The zero-order chi connectivity index (χ0) is 25.1. The molecule has 2 unspecified atom stereocenters. The van der Waals surface area contributed by atoms with E-state index < -0.39 is 35.8 Å². The van der Waals surface area contributed by atoms with Gasteiger partial charge in [0.25, 0.3) is 0 Å². The molecule has 0 aliphatic rings. The van der Waals surface area contributed by atoms with E-state index in [-0.39, 0.29) is 74.5 Å². The summed E-state index contributed by atoms with van der Waals surface area (Å²) in [5, 5.41) is 0. The fourth-order valence-corrected chi connectivity index (χ4v) is 9.65. The van der Waals surface area contributed by atoms with E-state index in [1.54, 1.807) is 0 Å². The maximum Gasteiger partial charge on any atom is 1.00 e. The van der Waals surface area contributed by atoms with Gasteiger partial charge in [0.15, 0.2) is 0 Å². The molecule has 8 nitrogen and oxygen atoms in total. The molecule has 1 aromatic rings. The fourth-order valence-electron chi connectivity index (χ4n) is 3.47. The number of ether oxygens (including phenoxy) is 1. The van der Waals surface area contributed by atoms with E-state index in [0.717, 1.165) is 28.5 Å². The minimum Gasteiger partial charge on any atom is -0.778 e. The van der Waals surface area contributed by atoms with Crippen LogP contribution in [0.25, 0.3) is 0 Å². The number of rotatable bonds is 17. The molecule has 1 rings (SSSR count). The van der Waals surface area contributed by atoms with Gasteiger partial charge in [0.2, 0.25) is 0 Å². The Morgan fingerprint density at radius 1 is 1.03 bits per heavy atom. The Balaban J connectivity index is 0. The third-order valence-electron chi connectivity index (χ3n) is 5.26. The number of benzene rings is 1. The summed E-state index contributed by atoms with van der Waals surface area (Å²) in [5.41, 5.74) is 0.863. The standard InChI is InChI=1S/C20H39NO7P2Si3.2Na/c1-32(13-4-12-31)14-5-15-33(2,3)18-28-20-8-6-19(7-9-20)10-11-21(16-29(22,23)24)17-30(25,26)27;;/h6-9H,4-5,10-18H2,1-3H3,(H2,22,23,24)(H2,25,26,27);;/q;2*+1/p-2. The molecule has 0 bridgehead atoms. The largest absolute Gasteiger partial charge is 1.00 e. The van der Waals surface area contributed by atoms with Gasteiger partial charge in [-0.15, -0.1) is 0 Å². The van der Waals surface area contributed by atoms with Gasteiger partial charge in [-0.25, -0.2) is 0 Å². The Labute approximate surface area is 261 Å². The van der Waals surface area contributed by atoms with Gasteiger partial charge in [0, 0.05) is 25.6 Å². The van der Waals surface area contributed by atoms with E-state index in [1.165, 1.54) is 31.0 Å². The molecule has 0 heterocycles. The summed E-state index contributed by atoms with van der Waals surface area (Å²) in [5.74, 6) is 0.771. The molecule has 0 aromatic heterocycles. The van der Waals surface area contributed by atoms with Crippen LogP contribution < -0.4 is 73.6 Å². The molecule has 2 atom stereocenters. The van der Waals surface area contributed by atoms with Crippen molar-refractivity contribution in [2.75, 3.05) is 25.3 Å². The Bertz CT molecular complexity index is 773. The maximum atomic E-state index is 11.1. The summed E-state index contributed by atoms with van der Waals surface area (Å²) in [6.45, 7) is 7.17. The Morgan fingerprint density at radius 3 is 2.03 bits per heavy atom. The predicted molar refractivity (Wildman–Crippen MR) is 135 cm³/mol. The van der Waals surface area contributed by atoms with Crippen molar-refractivity contribution < 1.29 is 92.6 Å². The minimum atomic E-state index is -4.69. The van der Waals surface area contributed by atoms with Crippen molar-refractivity contribution in [2.24, 2.45) is 0 Å². The van der Waals surface area contributed by atoms with Crippen LogP contribution in [0.3, 0.4) is 0 Å². The molecule has 35 heavy (non-hydrogen) atoms. The number of hydrogen-bond acceptors (Lipinski definition) is 6. The summed E-state index contributed by atoms with van der Waals surface area (Å²) in [4.78, 5) is 41.3. The van der Waals surface area contributed by atoms with Gasteiger partial charge in [0.05, 0.1) is 26.9 Å². The summed E-state index contributed by atoms with van der Waals surface area (Å²) in [7, 11) is -7.52. The molecular formula is C20H37NNa2O7P2Si3. The van der Waals surface area contributed by atoms with Gasteiger partial charge in [-0.3, -0.25) is 4.90 Å². The van der Waals surface area contributed by atoms with Crippen LogP contribution in [0.15, 0.2) is 24.3 Å². The summed E-state index contributed by atoms with van der Waals surface area (Å²) < 4.78 is 28.3. The third-order valence-corrected chi connectivity index (χ3v) is 12.2. The molecule has 0 saturated heterocycles. The van der Waals surface area contributed by atoms with Crippen LogP contribution in [0.5, 0.6) is 5.75 Å². The van der Waals surface area contributed by atoms with E-state index in [2.05, 4.69) is 29.9 Å². The normalized spacial score (nSPS) is 15.1. The van der Waals surface area contributed by atoms with Crippen molar-refractivity contribution in [1.29, 1.82) is 0 Å². The molecule has 0 aliphatic carbocycles. The van der Waals surface area contributed by atoms with Crippen molar-refractivity contribution in [3.8, 4) is 5.75 Å². The molecule has 0 aliphatic heterocycles. The second-order valence-electron chi connectivity index (χ2n) is 9.46. The second-order valence-corrected chi connectivity index (χ2v) is 21.1. The van der Waals surface area contributed by atoms with E-state index in [1.807, 2.05) is 24.3 Å². The first-order valence-corrected chi connectivity index (χ1v) is 21.2. The SMILES string of the molecule is C[Si](CCC[Si])CCC[Si](C)(C)COc1ccc(CCN(CP(=O)([O-])O)CP(=O)([O-])O)cc1.[Na+].[Na+]. The monoisotopic (exact) mass is 595 g/mol. The first kappa shape index (κ1) is 39.1. The van der Waals surface area contributed by atoms with Crippen LogP contribution in [-0.4, -0.2) is 67.1 Å². The molecule has 2 N–H and O–H groups in total. The molecule has 0 spiro atoms. The number of hydrogen-bond donors (Lipinski definition) is 2. The van der Waals surface area contributed by atoms with Gasteiger partial charge in [0.1, 0.15) is 20.9 Å². The molecule has 4 radical (unpaired) electrons. The van der Waals surface area contributed by atoms with Crippen LogP contribution >= 0.6 is 15.2 Å². The molecule has 0 fully saturated rings. The summed E-state index contributed by atoms with van der Waals surface area (Å²) in [6.07, 6.45) is 1.98. The molecule has 1 aromatic carbocycles. The Kier molecular flexibility index (Phi) is 21.3. The zero-order valence-electron chi connectivity index (χ0n) is 21.9. The fraction of sp³-hybridized carbons (Fsp3) is 0.700. The first-order chi connectivity index (χ1) is 15.2. The predicted octanol–water partition coefficient (Wildman–Crippen LogP) is -3.34. The zero-order valence-corrected chi connectivity index (χ0v) is 30.7. The number of nitrogens with zero attached hydrogens (tertiary/aromatic N) is 1. The maximum absolute atomic E-state index is 11.1.